The fourth-order valence-corrected chi connectivity index (χ4v) is 5.89. The minimum Gasteiger partial charge on any atom is -0.493 e. The average Bonchev–Trinajstić information content (AvgIpc) is 3.46. The lowest BCUT2D eigenvalue weighted by Crippen LogP contribution is -2.29. The van der Waals surface area contributed by atoms with Crippen LogP contribution in [0.4, 0.5) is 0 Å². The molecule has 0 fully saturated rings. The van der Waals surface area contributed by atoms with E-state index in [0.717, 1.165) is 31.9 Å². The van der Waals surface area contributed by atoms with Crippen LogP contribution in [0.5, 0.6) is 5.75 Å². The molecule has 2 unspecified atom stereocenters. The van der Waals surface area contributed by atoms with E-state index in [4.69, 9.17) is 4.74 Å². The number of fused-ring (bicyclic) bond motifs is 7. The first-order valence-corrected chi connectivity index (χ1v) is 12.1. The van der Waals surface area contributed by atoms with E-state index in [9.17, 15) is 0 Å². The molecule has 162 valence electrons. The van der Waals surface area contributed by atoms with Crippen molar-refractivity contribution in [2.45, 2.75) is 57.8 Å². The molecule has 0 amide bonds. The van der Waals surface area contributed by atoms with Crippen LogP contribution in [0.1, 0.15) is 72.5 Å². The van der Waals surface area contributed by atoms with Gasteiger partial charge in [0.05, 0.1) is 6.61 Å². The maximum absolute atomic E-state index is 6.37. The van der Waals surface area contributed by atoms with E-state index in [-0.39, 0.29) is 0 Å². The molecule has 3 aliphatic heterocycles. The van der Waals surface area contributed by atoms with Gasteiger partial charge in [0.25, 0.3) is 5.84 Å². The first kappa shape index (κ1) is 19.6. The van der Waals surface area contributed by atoms with Crippen molar-refractivity contribution in [2.24, 2.45) is 0 Å². The SMILES string of the molecule is CCCCCCOc1ccccc1C1=[N+]2Cc3ccccc3C2C2c3ccccc3CN12. The van der Waals surface area contributed by atoms with Gasteiger partial charge in [-0.3, -0.25) is 0 Å². The monoisotopic (exact) mass is 423 g/mol. The molecule has 0 radical (unpaired) electrons. The summed E-state index contributed by atoms with van der Waals surface area (Å²) in [6, 6.07) is 27.4. The van der Waals surface area contributed by atoms with Crippen molar-refractivity contribution in [3.63, 3.8) is 0 Å². The maximum atomic E-state index is 6.37. The van der Waals surface area contributed by atoms with Crippen LogP contribution < -0.4 is 4.74 Å². The van der Waals surface area contributed by atoms with Gasteiger partial charge in [-0.1, -0.05) is 86.8 Å². The number of amidine groups is 1. The predicted octanol–water partition coefficient (Wildman–Crippen LogP) is 6.23. The van der Waals surface area contributed by atoms with Crippen molar-refractivity contribution in [1.29, 1.82) is 0 Å². The molecule has 6 rings (SSSR count). The van der Waals surface area contributed by atoms with Crippen LogP contribution in [0.2, 0.25) is 0 Å². The lowest BCUT2D eigenvalue weighted by Gasteiger charge is -2.18. The Labute approximate surface area is 191 Å². The topological polar surface area (TPSA) is 15.5 Å². The summed E-state index contributed by atoms with van der Waals surface area (Å²) in [7, 11) is 0. The number of hydrogen-bond donors (Lipinski definition) is 0. The second kappa shape index (κ2) is 8.12. The summed E-state index contributed by atoms with van der Waals surface area (Å²) in [5, 5.41) is 0. The zero-order valence-corrected chi connectivity index (χ0v) is 18.8. The lowest BCUT2D eigenvalue weighted by atomic mass is 9.94. The van der Waals surface area contributed by atoms with Crippen molar-refractivity contribution in [2.75, 3.05) is 6.61 Å². The average molecular weight is 424 g/mol. The molecule has 3 nitrogen and oxygen atoms in total. The number of nitrogens with zero attached hydrogens (tertiary/aromatic N) is 2. The molecule has 2 atom stereocenters. The molecule has 0 bridgehead atoms. The second-order valence-corrected chi connectivity index (χ2v) is 9.27. The first-order chi connectivity index (χ1) is 15.9. The Balaban J connectivity index is 1.42. The van der Waals surface area contributed by atoms with E-state index in [2.05, 4.69) is 89.2 Å². The Kier molecular flexibility index (Phi) is 4.98. The van der Waals surface area contributed by atoms with Gasteiger partial charge in [0, 0.05) is 22.3 Å². The van der Waals surface area contributed by atoms with Gasteiger partial charge in [-0.25, -0.2) is 9.48 Å². The minimum absolute atomic E-state index is 0.363. The van der Waals surface area contributed by atoms with Crippen molar-refractivity contribution >= 4 is 5.84 Å². The van der Waals surface area contributed by atoms with Crippen molar-refractivity contribution in [1.82, 2.24) is 4.90 Å². The third-order valence-corrected chi connectivity index (χ3v) is 7.33. The largest absolute Gasteiger partial charge is 0.493 e. The highest BCUT2D eigenvalue weighted by atomic mass is 16.5. The van der Waals surface area contributed by atoms with Gasteiger partial charge in [-0.05, 0) is 18.6 Å². The molecule has 0 aromatic heterocycles. The van der Waals surface area contributed by atoms with E-state index >= 15 is 0 Å². The molecule has 3 aliphatic rings. The Hall–Kier alpha value is -3.07. The highest BCUT2D eigenvalue weighted by Gasteiger charge is 2.56. The summed E-state index contributed by atoms with van der Waals surface area (Å²) in [5.74, 6) is 2.35. The van der Waals surface area contributed by atoms with Gasteiger partial charge in [0.15, 0.2) is 12.1 Å². The Morgan fingerprint density at radius 1 is 0.844 bits per heavy atom. The van der Waals surface area contributed by atoms with E-state index in [0.29, 0.717) is 12.1 Å². The van der Waals surface area contributed by atoms with Gasteiger partial charge in [-0.15, -0.1) is 0 Å². The van der Waals surface area contributed by atoms with Crippen molar-refractivity contribution < 1.29 is 9.31 Å². The Morgan fingerprint density at radius 2 is 1.59 bits per heavy atom. The lowest BCUT2D eigenvalue weighted by molar-refractivity contribution is -0.570. The van der Waals surface area contributed by atoms with Crippen molar-refractivity contribution in [3.8, 4) is 5.75 Å². The van der Waals surface area contributed by atoms with Crippen LogP contribution in [-0.2, 0) is 13.1 Å². The molecule has 3 aromatic rings. The van der Waals surface area contributed by atoms with E-state index in [1.165, 1.54) is 52.9 Å². The number of rotatable bonds is 7. The highest BCUT2D eigenvalue weighted by molar-refractivity contribution is 5.99. The van der Waals surface area contributed by atoms with E-state index in [1.54, 1.807) is 0 Å². The summed E-state index contributed by atoms with van der Waals surface area (Å²) in [6.07, 6.45) is 4.89. The van der Waals surface area contributed by atoms with Gasteiger partial charge in [0.2, 0.25) is 0 Å². The normalized spacial score (nSPS) is 20.2. The molecule has 0 spiro atoms. The highest BCUT2D eigenvalue weighted by Crippen LogP contribution is 2.52. The first-order valence-electron chi connectivity index (χ1n) is 12.1. The number of hydrogen-bond acceptors (Lipinski definition) is 2. The zero-order valence-electron chi connectivity index (χ0n) is 18.8. The fraction of sp³-hybridized carbons (Fsp3) is 0.345. The van der Waals surface area contributed by atoms with Crippen LogP contribution in [0, 0.1) is 0 Å². The van der Waals surface area contributed by atoms with Gasteiger partial charge >= 0.3 is 0 Å². The molecule has 0 aliphatic carbocycles. The summed E-state index contributed by atoms with van der Waals surface area (Å²) in [4.78, 5) is 2.63. The van der Waals surface area contributed by atoms with Crippen LogP contribution in [0.3, 0.4) is 0 Å². The third-order valence-electron chi connectivity index (χ3n) is 7.33. The molecule has 32 heavy (non-hydrogen) atoms. The number of benzene rings is 3. The summed E-state index contributed by atoms with van der Waals surface area (Å²) < 4.78 is 9.00. The summed E-state index contributed by atoms with van der Waals surface area (Å²) in [6.45, 7) is 4.98. The molecular formula is C29H31N2O+. The number of unbranched alkanes of at least 4 members (excludes halogenated alkanes) is 3. The smallest absolute Gasteiger partial charge is 0.284 e. The molecule has 0 N–H and O–H groups in total. The van der Waals surface area contributed by atoms with Crippen LogP contribution >= 0.6 is 0 Å². The zero-order chi connectivity index (χ0) is 21.5. The quantitative estimate of drug-likeness (QED) is 0.331. The Morgan fingerprint density at radius 3 is 2.47 bits per heavy atom. The fourth-order valence-electron chi connectivity index (χ4n) is 5.89. The second-order valence-electron chi connectivity index (χ2n) is 9.27. The summed E-state index contributed by atoms with van der Waals surface area (Å²) >= 11 is 0. The standard InChI is InChI=1S/C29H31N2O/c1-2-3-4-11-18-32-26-17-10-9-16-25(26)29-30-19-21-12-5-7-14-23(21)27(30)28-24-15-8-6-13-22(24)20-31(28)29/h5-10,12-17,27-28H,2-4,11,18-20H2,1H3/q+1. The van der Waals surface area contributed by atoms with Gasteiger partial charge in [0.1, 0.15) is 24.4 Å². The molecule has 0 saturated carbocycles. The molecule has 0 saturated heterocycles. The van der Waals surface area contributed by atoms with Gasteiger partial charge < -0.3 is 4.74 Å². The van der Waals surface area contributed by atoms with Gasteiger partial charge in [-0.2, -0.15) is 0 Å². The molecule has 3 heterocycles. The van der Waals surface area contributed by atoms with Crippen LogP contribution in [-0.4, -0.2) is 21.9 Å². The summed E-state index contributed by atoms with van der Waals surface area (Å²) in [5.41, 5.74) is 7.10. The molecule has 3 aromatic carbocycles. The third kappa shape index (κ3) is 3.06. The molecule has 3 heteroatoms. The minimum atomic E-state index is 0.363. The Bertz CT molecular complexity index is 1180. The van der Waals surface area contributed by atoms with Crippen molar-refractivity contribution in [3.05, 3.63) is 101 Å². The predicted molar refractivity (Wildman–Crippen MR) is 128 cm³/mol. The van der Waals surface area contributed by atoms with Crippen LogP contribution in [0.25, 0.3) is 0 Å². The van der Waals surface area contributed by atoms with Crippen LogP contribution in [0.15, 0.2) is 72.8 Å². The maximum Gasteiger partial charge on any atom is 0.284 e. The number of para-hydroxylation sites is 1. The van der Waals surface area contributed by atoms with E-state index in [1.807, 2.05) is 0 Å². The molecular weight excluding hydrogens is 392 g/mol. The van der Waals surface area contributed by atoms with E-state index < -0.39 is 0 Å². The number of ether oxygens (including phenoxy) is 1.